The number of nitrogens with two attached hydrogens (primary N) is 1. The van der Waals surface area contributed by atoms with Gasteiger partial charge in [0, 0.05) is 13.2 Å². The highest BCUT2D eigenvalue weighted by Gasteiger charge is 2.16. The summed E-state index contributed by atoms with van der Waals surface area (Å²) in [7, 11) is 1.69. The van der Waals surface area contributed by atoms with Crippen LogP contribution >= 0.6 is 0 Å². The molecule has 16 heavy (non-hydrogen) atoms. The Labute approximate surface area is 96.6 Å². The number of hydrogen-bond donors (Lipinski definition) is 1. The summed E-state index contributed by atoms with van der Waals surface area (Å²) in [5, 5.41) is 0. The summed E-state index contributed by atoms with van der Waals surface area (Å²) in [5.74, 6) is -0.214. The summed E-state index contributed by atoms with van der Waals surface area (Å²) in [6.45, 7) is 2.11. The quantitative estimate of drug-likeness (QED) is 0.807. The van der Waals surface area contributed by atoms with Crippen LogP contribution in [-0.4, -0.2) is 19.3 Å². The Hall–Kier alpha value is -0.930. The summed E-state index contributed by atoms with van der Waals surface area (Å²) in [6.07, 6.45) is 2.81. The smallest absolute Gasteiger partial charge is 0.123 e. The van der Waals surface area contributed by atoms with E-state index < -0.39 is 0 Å². The van der Waals surface area contributed by atoms with Gasteiger partial charge < -0.3 is 10.5 Å². The van der Waals surface area contributed by atoms with Crippen LogP contribution in [0.15, 0.2) is 24.3 Å². The lowest BCUT2D eigenvalue weighted by Crippen LogP contribution is -2.37. The summed E-state index contributed by atoms with van der Waals surface area (Å²) < 4.78 is 18.1. The van der Waals surface area contributed by atoms with E-state index >= 15 is 0 Å². The Kier molecular flexibility index (Phi) is 5.43. The molecule has 0 bridgehead atoms. The van der Waals surface area contributed by atoms with Gasteiger partial charge in [-0.2, -0.15) is 0 Å². The van der Waals surface area contributed by atoms with Crippen LogP contribution in [0.4, 0.5) is 4.39 Å². The first-order chi connectivity index (χ1) is 7.67. The van der Waals surface area contributed by atoms with Gasteiger partial charge >= 0.3 is 0 Å². The van der Waals surface area contributed by atoms with Gasteiger partial charge in [-0.15, -0.1) is 0 Å². The molecule has 0 aromatic heterocycles. The molecule has 0 heterocycles. The molecule has 1 aromatic rings. The molecule has 2 unspecified atom stereocenters. The molecule has 0 aliphatic rings. The fourth-order valence-electron chi connectivity index (χ4n) is 1.82. The minimum Gasteiger partial charge on any atom is -0.380 e. The second-order valence-corrected chi connectivity index (χ2v) is 4.06. The second-order valence-electron chi connectivity index (χ2n) is 4.06. The lowest BCUT2D eigenvalue weighted by Gasteiger charge is -2.22. The predicted octanol–water partition coefficient (Wildman–Crippen LogP) is 2.51. The van der Waals surface area contributed by atoms with Gasteiger partial charge in [0.2, 0.25) is 0 Å². The molecule has 0 aliphatic carbocycles. The van der Waals surface area contributed by atoms with E-state index in [1.54, 1.807) is 19.2 Å². The van der Waals surface area contributed by atoms with Crippen molar-refractivity contribution in [1.82, 2.24) is 0 Å². The van der Waals surface area contributed by atoms with E-state index in [4.69, 9.17) is 10.5 Å². The van der Waals surface area contributed by atoms with Crippen molar-refractivity contribution in [3.8, 4) is 0 Å². The summed E-state index contributed by atoms with van der Waals surface area (Å²) in [6, 6.07) is 6.44. The van der Waals surface area contributed by atoms with Gasteiger partial charge in [0.25, 0.3) is 0 Å². The van der Waals surface area contributed by atoms with E-state index in [0.29, 0.717) is 0 Å². The standard InChI is InChI=1S/C13H20FNO/c1-3-4-13(16-2)12(15)9-10-5-7-11(14)8-6-10/h5-8,12-13H,3-4,9,15H2,1-2H3. The highest BCUT2D eigenvalue weighted by molar-refractivity contribution is 5.17. The Balaban J connectivity index is 2.55. The SMILES string of the molecule is CCCC(OC)C(N)Cc1ccc(F)cc1. The van der Waals surface area contributed by atoms with Crippen LogP contribution in [0, 0.1) is 5.82 Å². The topological polar surface area (TPSA) is 35.2 Å². The number of rotatable bonds is 6. The zero-order valence-corrected chi connectivity index (χ0v) is 9.95. The van der Waals surface area contributed by atoms with Crippen molar-refractivity contribution in [2.24, 2.45) is 5.73 Å². The summed E-state index contributed by atoms with van der Waals surface area (Å²) in [5.41, 5.74) is 7.11. The molecule has 1 rings (SSSR count). The molecule has 90 valence electrons. The minimum absolute atomic E-state index is 0.0320. The highest BCUT2D eigenvalue weighted by atomic mass is 19.1. The van der Waals surface area contributed by atoms with Crippen LogP contribution in [-0.2, 0) is 11.2 Å². The molecule has 3 heteroatoms. The van der Waals surface area contributed by atoms with Gasteiger partial charge in [0.05, 0.1) is 6.10 Å². The molecule has 1 aromatic carbocycles. The monoisotopic (exact) mass is 225 g/mol. The lowest BCUT2D eigenvalue weighted by molar-refractivity contribution is 0.0726. The van der Waals surface area contributed by atoms with E-state index in [1.807, 2.05) is 0 Å². The average Bonchev–Trinajstić information content (AvgIpc) is 2.29. The first-order valence-electron chi connectivity index (χ1n) is 5.70. The van der Waals surface area contributed by atoms with Crippen molar-refractivity contribution in [1.29, 1.82) is 0 Å². The van der Waals surface area contributed by atoms with Crippen LogP contribution in [0.25, 0.3) is 0 Å². The fourth-order valence-corrected chi connectivity index (χ4v) is 1.82. The van der Waals surface area contributed by atoms with Crippen molar-refractivity contribution in [3.05, 3.63) is 35.6 Å². The number of halogens is 1. The molecule has 2 atom stereocenters. The van der Waals surface area contributed by atoms with Crippen LogP contribution < -0.4 is 5.73 Å². The number of hydrogen-bond acceptors (Lipinski definition) is 2. The molecule has 0 saturated heterocycles. The van der Waals surface area contributed by atoms with E-state index in [1.165, 1.54) is 12.1 Å². The van der Waals surface area contributed by atoms with Gasteiger partial charge in [-0.1, -0.05) is 25.5 Å². The molecule has 0 amide bonds. The molecule has 0 spiro atoms. The molecule has 2 N–H and O–H groups in total. The van der Waals surface area contributed by atoms with Crippen molar-refractivity contribution < 1.29 is 9.13 Å². The van der Waals surface area contributed by atoms with Crippen molar-refractivity contribution in [3.63, 3.8) is 0 Å². The Morgan fingerprint density at radius 1 is 1.31 bits per heavy atom. The maximum absolute atomic E-state index is 12.7. The average molecular weight is 225 g/mol. The van der Waals surface area contributed by atoms with Crippen LogP contribution in [0.5, 0.6) is 0 Å². The largest absolute Gasteiger partial charge is 0.380 e. The third kappa shape index (κ3) is 3.91. The zero-order valence-electron chi connectivity index (χ0n) is 9.95. The molecule has 0 radical (unpaired) electrons. The van der Waals surface area contributed by atoms with Gasteiger partial charge in [-0.25, -0.2) is 4.39 Å². The lowest BCUT2D eigenvalue weighted by atomic mass is 9.99. The molecule has 0 saturated carbocycles. The normalized spacial score (nSPS) is 14.8. The maximum Gasteiger partial charge on any atom is 0.123 e. The second kappa shape index (κ2) is 6.61. The molecule has 0 fully saturated rings. The van der Waals surface area contributed by atoms with Gasteiger partial charge in [-0.3, -0.25) is 0 Å². The Morgan fingerprint density at radius 2 is 1.94 bits per heavy atom. The molecule has 2 nitrogen and oxygen atoms in total. The number of benzene rings is 1. The first-order valence-corrected chi connectivity index (χ1v) is 5.70. The van der Waals surface area contributed by atoms with E-state index in [2.05, 4.69) is 6.92 Å². The van der Waals surface area contributed by atoms with Crippen molar-refractivity contribution in [2.45, 2.75) is 38.3 Å². The van der Waals surface area contributed by atoms with Crippen LogP contribution in [0.3, 0.4) is 0 Å². The number of ether oxygens (including phenoxy) is 1. The summed E-state index contributed by atoms with van der Waals surface area (Å²) in [4.78, 5) is 0. The summed E-state index contributed by atoms with van der Waals surface area (Å²) >= 11 is 0. The van der Waals surface area contributed by atoms with Crippen LogP contribution in [0.1, 0.15) is 25.3 Å². The predicted molar refractivity (Wildman–Crippen MR) is 63.8 cm³/mol. The number of methoxy groups -OCH3 is 1. The van der Waals surface area contributed by atoms with Crippen molar-refractivity contribution in [2.75, 3.05) is 7.11 Å². The van der Waals surface area contributed by atoms with E-state index in [-0.39, 0.29) is 18.0 Å². The third-order valence-corrected chi connectivity index (χ3v) is 2.74. The highest BCUT2D eigenvalue weighted by Crippen LogP contribution is 2.11. The molecular formula is C13H20FNO. The van der Waals surface area contributed by atoms with E-state index in [0.717, 1.165) is 24.8 Å². The Morgan fingerprint density at radius 3 is 2.44 bits per heavy atom. The van der Waals surface area contributed by atoms with Gasteiger partial charge in [0.1, 0.15) is 5.82 Å². The minimum atomic E-state index is -0.214. The zero-order chi connectivity index (χ0) is 12.0. The third-order valence-electron chi connectivity index (χ3n) is 2.74. The van der Waals surface area contributed by atoms with Crippen molar-refractivity contribution >= 4 is 0 Å². The van der Waals surface area contributed by atoms with Gasteiger partial charge in [-0.05, 0) is 30.5 Å². The first kappa shape index (κ1) is 13.1. The van der Waals surface area contributed by atoms with Crippen LogP contribution in [0.2, 0.25) is 0 Å². The van der Waals surface area contributed by atoms with E-state index in [9.17, 15) is 4.39 Å². The fraction of sp³-hybridized carbons (Fsp3) is 0.538. The Bertz CT molecular complexity index is 299. The molecular weight excluding hydrogens is 205 g/mol. The molecule has 0 aliphatic heterocycles. The van der Waals surface area contributed by atoms with Gasteiger partial charge in [0.15, 0.2) is 0 Å². The maximum atomic E-state index is 12.7.